The zero-order valence-corrected chi connectivity index (χ0v) is 13.3. The third-order valence-electron chi connectivity index (χ3n) is 3.13. The minimum absolute atomic E-state index is 0.112. The van der Waals surface area contributed by atoms with E-state index in [0.29, 0.717) is 19.0 Å². The molecule has 1 N–H and O–H groups in total. The molecule has 1 amide bonds. The van der Waals surface area contributed by atoms with Crippen molar-refractivity contribution in [1.29, 1.82) is 0 Å². The summed E-state index contributed by atoms with van der Waals surface area (Å²) >= 11 is 0. The molecule has 4 nitrogen and oxygen atoms in total. The van der Waals surface area contributed by atoms with Crippen LogP contribution < -0.4 is 10.1 Å². The SMILES string of the molecule is CCN(C)C(=O)COc1ccc(CNCC(C)C)cc1F. The van der Waals surface area contributed by atoms with E-state index in [1.807, 2.05) is 6.92 Å². The molecule has 21 heavy (non-hydrogen) atoms. The fourth-order valence-corrected chi connectivity index (χ4v) is 1.70. The molecule has 0 aliphatic heterocycles. The molecular weight excluding hydrogens is 271 g/mol. The lowest BCUT2D eigenvalue weighted by Gasteiger charge is -2.15. The molecule has 0 heterocycles. The molecule has 5 heteroatoms. The summed E-state index contributed by atoms with van der Waals surface area (Å²) in [5.41, 5.74) is 0.859. The topological polar surface area (TPSA) is 41.6 Å². The van der Waals surface area contributed by atoms with Crippen LogP contribution in [0.3, 0.4) is 0 Å². The summed E-state index contributed by atoms with van der Waals surface area (Å²) in [6.07, 6.45) is 0. The molecular formula is C16H25FN2O2. The first-order valence-corrected chi connectivity index (χ1v) is 7.30. The quantitative estimate of drug-likeness (QED) is 0.801. The fourth-order valence-electron chi connectivity index (χ4n) is 1.70. The number of hydrogen-bond acceptors (Lipinski definition) is 3. The maximum absolute atomic E-state index is 13.9. The van der Waals surface area contributed by atoms with Crippen LogP contribution in [0, 0.1) is 11.7 Å². The molecule has 1 aromatic carbocycles. The standard InChI is InChI=1S/C16H25FN2O2/c1-5-19(4)16(20)11-21-15-7-6-13(8-14(15)17)10-18-9-12(2)3/h6-8,12,18H,5,9-11H2,1-4H3. The second-order valence-corrected chi connectivity index (χ2v) is 5.49. The van der Waals surface area contributed by atoms with E-state index in [2.05, 4.69) is 19.2 Å². The van der Waals surface area contributed by atoms with E-state index in [9.17, 15) is 9.18 Å². The van der Waals surface area contributed by atoms with Crippen LogP contribution in [-0.2, 0) is 11.3 Å². The third-order valence-corrected chi connectivity index (χ3v) is 3.13. The van der Waals surface area contributed by atoms with Crippen LogP contribution in [0.4, 0.5) is 4.39 Å². The van der Waals surface area contributed by atoms with Gasteiger partial charge in [0.15, 0.2) is 18.2 Å². The summed E-state index contributed by atoms with van der Waals surface area (Å²) < 4.78 is 19.1. The van der Waals surface area contributed by atoms with Gasteiger partial charge in [0.05, 0.1) is 0 Å². The second kappa shape index (κ2) is 8.62. The molecule has 0 aromatic heterocycles. The Morgan fingerprint density at radius 2 is 2.14 bits per heavy atom. The zero-order chi connectivity index (χ0) is 15.8. The molecule has 0 unspecified atom stereocenters. The number of carbonyl (C=O) groups excluding carboxylic acids is 1. The first kappa shape index (κ1) is 17.4. The van der Waals surface area contributed by atoms with Gasteiger partial charge >= 0.3 is 0 Å². The molecule has 0 aliphatic rings. The Morgan fingerprint density at radius 1 is 1.43 bits per heavy atom. The smallest absolute Gasteiger partial charge is 0.260 e. The van der Waals surface area contributed by atoms with Crippen molar-refractivity contribution >= 4 is 5.91 Å². The number of amides is 1. The first-order valence-electron chi connectivity index (χ1n) is 7.30. The van der Waals surface area contributed by atoms with Gasteiger partial charge in [-0.2, -0.15) is 0 Å². The van der Waals surface area contributed by atoms with Crippen molar-refractivity contribution in [2.45, 2.75) is 27.3 Å². The lowest BCUT2D eigenvalue weighted by molar-refractivity contribution is -0.131. The number of likely N-dealkylation sites (N-methyl/N-ethyl adjacent to an activating group) is 1. The zero-order valence-electron chi connectivity index (χ0n) is 13.3. The van der Waals surface area contributed by atoms with Crippen molar-refractivity contribution in [3.8, 4) is 5.75 Å². The first-order chi connectivity index (χ1) is 9.93. The van der Waals surface area contributed by atoms with Crippen LogP contribution in [0.5, 0.6) is 5.75 Å². The molecule has 1 aromatic rings. The van der Waals surface area contributed by atoms with Gasteiger partial charge in [0, 0.05) is 20.1 Å². The van der Waals surface area contributed by atoms with Crippen molar-refractivity contribution < 1.29 is 13.9 Å². The molecule has 0 bridgehead atoms. The van der Waals surface area contributed by atoms with E-state index >= 15 is 0 Å². The number of nitrogens with zero attached hydrogens (tertiary/aromatic N) is 1. The van der Waals surface area contributed by atoms with Gasteiger partial charge in [-0.25, -0.2) is 4.39 Å². The number of carbonyl (C=O) groups is 1. The van der Waals surface area contributed by atoms with E-state index in [1.165, 1.54) is 11.0 Å². The van der Waals surface area contributed by atoms with Gasteiger partial charge in [0.2, 0.25) is 0 Å². The minimum atomic E-state index is -0.439. The predicted octanol–water partition coefficient (Wildman–Crippen LogP) is 2.43. The molecule has 0 aliphatic carbocycles. The van der Waals surface area contributed by atoms with Crippen LogP contribution in [0.25, 0.3) is 0 Å². The normalized spacial score (nSPS) is 10.8. The minimum Gasteiger partial charge on any atom is -0.481 e. The number of hydrogen-bond donors (Lipinski definition) is 1. The van der Waals surface area contributed by atoms with Gasteiger partial charge in [0.1, 0.15) is 0 Å². The van der Waals surface area contributed by atoms with E-state index in [1.54, 1.807) is 19.2 Å². The monoisotopic (exact) mass is 296 g/mol. The number of ether oxygens (including phenoxy) is 1. The van der Waals surface area contributed by atoms with Gasteiger partial charge < -0.3 is 15.0 Å². The summed E-state index contributed by atoms with van der Waals surface area (Å²) in [4.78, 5) is 13.1. The van der Waals surface area contributed by atoms with E-state index < -0.39 is 5.82 Å². The summed E-state index contributed by atoms with van der Waals surface area (Å²) in [6, 6.07) is 4.82. The van der Waals surface area contributed by atoms with Crippen molar-refractivity contribution in [2.24, 2.45) is 5.92 Å². The second-order valence-electron chi connectivity index (χ2n) is 5.49. The molecule has 1 rings (SSSR count). The van der Waals surface area contributed by atoms with Crippen LogP contribution in [-0.4, -0.2) is 37.6 Å². The molecule has 0 atom stereocenters. The van der Waals surface area contributed by atoms with E-state index in [4.69, 9.17) is 4.74 Å². The Morgan fingerprint density at radius 3 is 2.71 bits per heavy atom. The average molecular weight is 296 g/mol. The van der Waals surface area contributed by atoms with Crippen LogP contribution in [0.15, 0.2) is 18.2 Å². The summed E-state index contributed by atoms with van der Waals surface area (Å²) in [6.45, 7) is 8.07. The molecule has 0 saturated carbocycles. The van der Waals surface area contributed by atoms with Gasteiger partial charge in [0.25, 0.3) is 5.91 Å². The maximum Gasteiger partial charge on any atom is 0.260 e. The molecule has 0 spiro atoms. The fraction of sp³-hybridized carbons (Fsp3) is 0.562. The molecule has 118 valence electrons. The Balaban J connectivity index is 2.52. The van der Waals surface area contributed by atoms with Gasteiger partial charge in [-0.1, -0.05) is 19.9 Å². The molecule has 0 saturated heterocycles. The lowest BCUT2D eigenvalue weighted by atomic mass is 10.2. The number of halogens is 1. The van der Waals surface area contributed by atoms with E-state index in [0.717, 1.165) is 12.1 Å². The number of benzene rings is 1. The highest BCUT2D eigenvalue weighted by atomic mass is 19.1. The summed E-state index contributed by atoms with van der Waals surface area (Å²) in [7, 11) is 1.69. The molecule has 0 radical (unpaired) electrons. The average Bonchev–Trinajstić information content (AvgIpc) is 2.44. The molecule has 0 fully saturated rings. The highest BCUT2D eigenvalue weighted by molar-refractivity contribution is 5.77. The van der Waals surface area contributed by atoms with E-state index in [-0.39, 0.29) is 18.3 Å². The van der Waals surface area contributed by atoms with Gasteiger partial charge in [-0.3, -0.25) is 4.79 Å². The van der Waals surface area contributed by atoms with Crippen LogP contribution in [0.1, 0.15) is 26.3 Å². The van der Waals surface area contributed by atoms with Crippen LogP contribution in [0.2, 0.25) is 0 Å². The van der Waals surface area contributed by atoms with Crippen molar-refractivity contribution in [2.75, 3.05) is 26.7 Å². The number of rotatable bonds is 8. The summed E-state index contributed by atoms with van der Waals surface area (Å²) in [5.74, 6) is 0.0601. The Kier molecular flexibility index (Phi) is 7.15. The highest BCUT2D eigenvalue weighted by Crippen LogP contribution is 2.18. The number of nitrogens with one attached hydrogen (secondary N) is 1. The maximum atomic E-state index is 13.9. The Bertz CT molecular complexity index is 464. The van der Waals surface area contributed by atoms with Gasteiger partial charge in [-0.15, -0.1) is 0 Å². The predicted molar refractivity (Wildman–Crippen MR) is 81.8 cm³/mol. The third kappa shape index (κ3) is 6.12. The van der Waals surface area contributed by atoms with Crippen molar-refractivity contribution in [1.82, 2.24) is 10.2 Å². The lowest BCUT2D eigenvalue weighted by Crippen LogP contribution is -2.31. The highest BCUT2D eigenvalue weighted by Gasteiger charge is 2.10. The Hall–Kier alpha value is -1.62. The van der Waals surface area contributed by atoms with Crippen LogP contribution >= 0.6 is 0 Å². The van der Waals surface area contributed by atoms with Crippen molar-refractivity contribution in [3.05, 3.63) is 29.6 Å². The van der Waals surface area contributed by atoms with Crippen molar-refractivity contribution in [3.63, 3.8) is 0 Å². The largest absolute Gasteiger partial charge is 0.481 e. The summed E-state index contributed by atoms with van der Waals surface area (Å²) in [5, 5.41) is 3.25. The Labute approximate surface area is 126 Å². The van der Waals surface area contributed by atoms with Gasteiger partial charge in [-0.05, 0) is 37.1 Å².